The van der Waals surface area contributed by atoms with Gasteiger partial charge in [0.1, 0.15) is 5.75 Å². The third-order valence-corrected chi connectivity index (χ3v) is 2.60. The molecule has 0 aliphatic rings. The van der Waals surface area contributed by atoms with E-state index < -0.39 is 0 Å². The predicted octanol–water partition coefficient (Wildman–Crippen LogP) is 2.76. The van der Waals surface area contributed by atoms with Crippen molar-refractivity contribution in [1.82, 2.24) is 0 Å². The third kappa shape index (κ3) is 3.26. The van der Waals surface area contributed by atoms with Gasteiger partial charge in [0.05, 0.1) is 18.2 Å². The molecule has 0 saturated heterocycles. The van der Waals surface area contributed by atoms with Gasteiger partial charge in [0.2, 0.25) is 0 Å². The van der Waals surface area contributed by atoms with Crippen LogP contribution >= 0.6 is 0 Å². The highest BCUT2D eigenvalue weighted by Gasteiger charge is 1.97. The number of anilines is 1. The van der Waals surface area contributed by atoms with Crippen molar-refractivity contribution in [2.75, 3.05) is 12.3 Å². The molecule has 0 unspecified atom stereocenters. The maximum absolute atomic E-state index is 8.69. The lowest BCUT2D eigenvalue weighted by molar-refractivity contribution is 0.322. The summed E-state index contributed by atoms with van der Waals surface area (Å²) in [7, 11) is 0. The lowest BCUT2D eigenvalue weighted by Gasteiger charge is -2.06. The van der Waals surface area contributed by atoms with Crippen molar-refractivity contribution in [3.63, 3.8) is 0 Å². The molecule has 2 aromatic rings. The minimum absolute atomic E-state index is 0.593. The predicted molar refractivity (Wildman–Crippen MR) is 71.2 cm³/mol. The number of nitrogens with two attached hydrogens (primary N) is 1. The largest absolute Gasteiger partial charge is 0.493 e. The minimum atomic E-state index is 0.593. The Balaban J connectivity index is 1.86. The fourth-order valence-corrected chi connectivity index (χ4v) is 1.64. The summed E-state index contributed by atoms with van der Waals surface area (Å²) < 4.78 is 5.60. The Morgan fingerprint density at radius 1 is 1.11 bits per heavy atom. The van der Waals surface area contributed by atoms with Crippen molar-refractivity contribution < 1.29 is 4.74 Å². The van der Waals surface area contributed by atoms with Crippen LogP contribution in [-0.2, 0) is 6.42 Å². The van der Waals surface area contributed by atoms with Crippen LogP contribution in [0.25, 0.3) is 0 Å². The van der Waals surface area contributed by atoms with Gasteiger partial charge in [-0.15, -0.1) is 0 Å². The molecule has 0 amide bonds. The summed E-state index contributed by atoms with van der Waals surface area (Å²) in [5, 5.41) is 8.69. The first-order valence-electron chi connectivity index (χ1n) is 5.75. The Morgan fingerprint density at radius 3 is 2.56 bits per heavy atom. The number of nitrogens with zero attached hydrogens (tertiary/aromatic N) is 1. The maximum atomic E-state index is 8.69. The summed E-state index contributed by atoms with van der Waals surface area (Å²) in [5.41, 5.74) is 8.19. The molecular formula is C15H14N2O. The molecule has 0 aliphatic carbocycles. The van der Waals surface area contributed by atoms with Crippen molar-refractivity contribution in [3.8, 4) is 11.8 Å². The van der Waals surface area contributed by atoms with E-state index >= 15 is 0 Å². The van der Waals surface area contributed by atoms with Crippen LogP contribution in [0.3, 0.4) is 0 Å². The summed E-state index contributed by atoms with van der Waals surface area (Å²) in [4.78, 5) is 0. The molecule has 2 aromatic carbocycles. The molecule has 0 atom stereocenters. The maximum Gasteiger partial charge on any atom is 0.121 e. The molecule has 0 aliphatic heterocycles. The summed E-state index contributed by atoms with van der Waals surface area (Å²) in [5.74, 6) is 0.781. The van der Waals surface area contributed by atoms with Crippen molar-refractivity contribution in [2.24, 2.45) is 0 Å². The van der Waals surface area contributed by atoms with Crippen LogP contribution in [0, 0.1) is 11.3 Å². The number of ether oxygens (including phenoxy) is 1. The van der Waals surface area contributed by atoms with E-state index in [4.69, 9.17) is 15.7 Å². The van der Waals surface area contributed by atoms with E-state index in [1.54, 1.807) is 6.07 Å². The number of nitriles is 1. The zero-order chi connectivity index (χ0) is 12.8. The molecule has 18 heavy (non-hydrogen) atoms. The van der Waals surface area contributed by atoms with E-state index in [0.717, 1.165) is 17.7 Å². The molecule has 0 heterocycles. The normalized spacial score (nSPS) is 9.72. The quantitative estimate of drug-likeness (QED) is 0.833. The Morgan fingerprint density at radius 2 is 1.89 bits per heavy atom. The van der Waals surface area contributed by atoms with Gasteiger partial charge in [-0.1, -0.05) is 18.2 Å². The summed E-state index contributed by atoms with van der Waals surface area (Å²) in [6.07, 6.45) is 0.806. The zero-order valence-corrected chi connectivity index (χ0v) is 9.97. The van der Waals surface area contributed by atoms with Gasteiger partial charge in [-0.25, -0.2) is 0 Å². The molecule has 0 saturated carbocycles. The van der Waals surface area contributed by atoms with Crippen LogP contribution in [0.4, 0.5) is 5.69 Å². The van der Waals surface area contributed by atoms with Gasteiger partial charge in [-0.2, -0.15) is 5.26 Å². The topological polar surface area (TPSA) is 59.0 Å². The smallest absolute Gasteiger partial charge is 0.121 e. The van der Waals surface area contributed by atoms with Gasteiger partial charge in [0, 0.05) is 18.2 Å². The first kappa shape index (κ1) is 12.0. The molecule has 0 spiro atoms. The van der Waals surface area contributed by atoms with E-state index in [0.29, 0.717) is 17.9 Å². The van der Waals surface area contributed by atoms with E-state index in [9.17, 15) is 0 Å². The van der Waals surface area contributed by atoms with E-state index in [-0.39, 0.29) is 0 Å². The van der Waals surface area contributed by atoms with Crippen LogP contribution in [0.15, 0.2) is 48.5 Å². The first-order chi connectivity index (χ1) is 8.78. The SMILES string of the molecule is N#Cc1ccc(CCOc2cccc(N)c2)cc1. The lowest BCUT2D eigenvalue weighted by atomic mass is 10.1. The summed E-state index contributed by atoms with van der Waals surface area (Å²) in [6.45, 7) is 0.593. The second-order valence-corrected chi connectivity index (χ2v) is 3.98. The molecule has 3 nitrogen and oxygen atoms in total. The number of hydrogen-bond donors (Lipinski definition) is 1. The van der Waals surface area contributed by atoms with Crippen LogP contribution < -0.4 is 10.5 Å². The molecule has 2 N–H and O–H groups in total. The van der Waals surface area contributed by atoms with Crippen molar-refractivity contribution in [2.45, 2.75) is 6.42 Å². The third-order valence-electron chi connectivity index (χ3n) is 2.60. The molecule has 0 aromatic heterocycles. The fraction of sp³-hybridized carbons (Fsp3) is 0.133. The molecule has 0 fully saturated rings. The Bertz CT molecular complexity index is 555. The van der Waals surface area contributed by atoms with E-state index in [1.165, 1.54) is 0 Å². The minimum Gasteiger partial charge on any atom is -0.493 e. The zero-order valence-electron chi connectivity index (χ0n) is 9.97. The van der Waals surface area contributed by atoms with Gasteiger partial charge in [-0.05, 0) is 29.8 Å². The van der Waals surface area contributed by atoms with Crippen molar-refractivity contribution >= 4 is 5.69 Å². The Kier molecular flexibility index (Phi) is 3.83. The average molecular weight is 238 g/mol. The molecule has 0 bridgehead atoms. The molecule has 0 radical (unpaired) electrons. The Hall–Kier alpha value is -2.47. The second kappa shape index (κ2) is 5.74. The van der Waals surface area contributed by atoms with Gasteiger partial charge >= 0.3 is 0 Å². The highest BCUT2D eigenvalue weighted by Crippen LogP contribution is 2.14. The van der Waals surface area contributed by atoms with Crippen LogP contribution in [0.5, 0.6) is 5.75 Å². The number of benzene rings is 2. The first-order valence-corrected chi connectivity index (χ1v) is 5.75. The highest BCUT2D eigenvalue weighted by atomic mass is 16.5. The van der Waals surface area contributed by atoms with Crippen LogP contribution in [0.1, 0.15) is 11.1 Å². The fourth-order valence-electron chi connectivity index (χ4n) is 1.64. The van der Waals surface area contributed by atoms with Gasteiger partial charge < -0.3 is 10.5 Å². The lowest BCUT2D eigenvalue weighted by Crippen LogP contribution is -2.01. The number of nitrogen functional groups attached to an aromatic ring is 1. The summed E-state index contributed by atoms with van der Waals surface area (Å²) in [6, 6.07) is 17.0. The highest BCUT2D eigenvalue weighted by molar-refractivity contribution is 5.43. The average Bonchev–Trinajstić information content (AvgIpc) is 2.40. The van der Waals surface area contributed by atoms with Crippen molar-refractivity contribution in [3.05, 3.63) is 59.7 Å². The van der Waals surface area contributed by atoms with Gasteiger partial charge in [-0.3, -0.25) is 0 Å². The van der Waals surface area contributed by atoms with E-state index in [1.807, 2.05) is 42.5 Å². The van der Waals surface area contributed by atoms with Crippen LogP contribution in [0.2, 0.25) is 0 Å². The molecular weight excluding hydrogens is 224 g/mol. The number of rotatable bonds is 4. The molecule has 2 rings (SSSR count). The molecule has 90 valence electrons. The summed E-state index contributed by atoms with van der Waals surface area (Å²) >= 11 is 0. The number of hydrogen-bond acceptors (Lipinski definition) is 3. The van der Waals surface area contributed by atoms with Crippen LogP contribution in [-0.4, -0.2) is 6.61 Å². The molecule has 3 heteroatoms. The standard InChI is InChI=1S/C15H14N2O/c16-11-13-6-4-12(5-7-13)8-9-18-15-3-1-2-14(17)10-15/h1-7,10H,8-9,17H2. The van der Waals surface area contributed by atoms with Crippen molar-refractivity contribution in [1.29, 1.82) is 5.26 Å². The second-order valence-electron chi connectivity index (χ2n) is 3.98. The van der Waals surface area contributed by atoms with Gasteiger partial charge in [0.25, 0.3) is 0 Å². The monoisotopic (exact) mass is 238 g/mol. The van der Waals surface area contributed by atoms with E-state index in [2.05, 4.69) is 6.07 Å². The Labute approximate surface area is 106 Å². The van der Waals surface area contributed by atoms with Gasteiger partial charge in [0.15, 0.2) is 0 Å².